The average Bonchev–Trinajstić information content (AvgIpc) is 3.24. The molecule has 31 heavy (non-hydrogen) atoms. The third kappa shape index (κ3) is 5.85. The number of hydrogen-bond acceptors (Lipinski definition) is 4. The summed E-state index contributed by atoms with van der Waals surface area (Å²) in [6, 6.07) is 9.25. The van der Waals surface area contributed by atoms with E-state index >= 15 is 0 Å². The fraction of sp³-hybridized carbons (Fsp3) is 0.200. The Balaban J connectivity index is 1.71. The summed E-state index contributed by atoms with van der Waals surface area (Å²) >= 11 is 0. The second-order valence-electron chi connectivity index (χ2n) is 6.59. The minimum Gasteiger partial charge on any atom is -0.352 e. The van der Waals surface area contributed by atoms with Crippen molar-refractivity contribution < 1.29 is 26.4 Å². The van der Waals surface area contributed by atoms with Gasteiger partial charge >= 0.3 is 6.18 Å². The van der Waals surface area contributed by atoms with Gasteiger partial charge < -0.3 is 9.88 Å². The van der Waals surface area contributed by atoms with Crippen molar-refractivity contribution in [2.24, 2.45) is 0 Å². The van der Waals surface area contributed by atoms with Crippen LogP contribution in [-0.4, -0.2) is 30.4 Å². The molecular weight excluding hydrogens is 433 g/mol. The van der Waals surface area contributed by atoms with Crippen LogP contribution in [0.3, 0.4) is 0 Å². The van der Waals surface area contributed by atoms with Crippen molar-refractivity contribution in [3.8, 4) is 0 Å². The minimum absolute atomic E-state index is 0.0352. The lowest BCUT2D eigenvalue weighted by molar-refractivity contribution is -0.137. The highest BCUT2D eigenvalue weighted by atomic mass is 32.2. The Morgan fingerprint density at radius 1 is 1.10 bits per heavy atom. The van der Waals surface area contributed by atoms with E-state index in [2.05, 4.69) is 15.0 Å². The Bertz CT molecular complexity index is 1150. The zero-order valence-electron chi connectivity index (χ0n) is 16.1. The van der Waals surface area contributed by atoms with Gasteiger partial charge in [0.15, 0.2) is 0 Å². The molecule has 7 nitrogen and oxygen atoms in total. The molecule has 1 heterocycles. The molecule has 0 aliphatic carbocycles. The molecule has 0 saturated heterocycles. The molecule has 0 fully saturated rings. The van der Waals surface area contributed by atoms with Crippen molar-refractivity contribution in [2.45, 2.75) is 24.0 Å². The summed E-state index contributed by atoms with van der Waals surface area (Å²) in [5, 5.41) is 2.70. The molecule has 0 bridgehead atoms. The van der Waals surface area contributed by atoms with Gasteiger partial charge in [-0.3, -0.25) is 9.52 Å². The number of aryl methyl sites for hydroxylation is 1. The van der Waals surface area contributed by atoms with Gasteiger partial charge in [-0.25, -0.2) is 13.4 Å². The van der Waals surface area contributed by atoms with E-state index in [-0.39, 0.29) is 11.3 Å². The zero-order chi connectivity index (χ0) is 22.5. The lowest BCUT2D eigenvalue weighted by Crippen LogP contribution is -2.26. The number of para-hydroxylation sites is 1. The van der Waals surface area contributed by atoms with Gasteiger partial charge in [0, 0.05) is 25.5 Å². The summed E-state index contributed by atoms with van der Waals surface area (Å²) in [5.74, 6) is -0.507. The number of nitrogens with one attached hydrogen (secondary N) is 2. The van der Waals surface area contributed by atoms with Crippen LogP contribution < -0.4 is 10.0 Å². The highest BCUT2D eigenvalue weighted by Gasteiger charge is 2.31. The number of carbonyl (C=O) groups is 1. The van der Waals surface area contributed by atoms with Crippen molar-refractivity contribution in [3.63, 3.8) is 0 Å². The largest absolute Gasteiger partial charge is 0.416 e. The summed E-state index contributed by atoms with van der Waals surface area (Å²) in [6.07, 6.45) is 1.03. The number of nitrogens with zero attached hydrogens (tertiary/aromatic N) is 2. The molecule has 0 radical (unpaired) electrons. The van der Waals surface area contributed by atoms with Crippen LogP contribution in [-0.2, 0) is 22.7 Å². The molecule has 0 aliphatic heterocycles. The van der Waals surface area contributed by atoms with E-state index in [1.807, 2.05) is 4.57 Å². The van der Waals surface area contributed by atoms with Gasteiger partial charge in [-0.05, 0) is 36.8 Å². The standard InChI is InChI=1S/C20H19F3N4O3S/c21-20(22,23)15-5-3-6-16(13-15)31(29,30)26-18-8-2-1-7-17(18)19(28)25-9-4-11-27-12-10-24-14-27/h1-3,5-8,10,12-14,26H,4,9,11H2,(H,25,28). The maximum atomic E-state index is 12.9. The molecule has 0 spiro atoms. The first kappa shape index (κ1) is 22.3. The van der Waals surface area contributed by atoms with E-state index < -0.39 is 32.6 Å². The van der Waals surface area contributed by atoms with Crippen molar-refractivity contribution in [1.29, 1.82) is 0 Å². The molecule has 11 heteroatoms. The van der Waals surface area contributed by atoms with Gasteiger partial charge in [-0.1, -0.05) is 18.2 Å². The van der Waals surface area contributed by atoms with Crippen LogP contribution in [0.4, 0.5) is 18.9 Å². The number of anilines is 1. The van der Waals surface area contributed by atoms with Crippen LogP contribution in [0.25, 0.3) is 0 Å². The fourth-order valence-electron chi connectivity index (χ4n) is 2.79. The number of sulfonamides is 1. The molecule has 2 aromatic carbocycles. The highest BCUT2D eigenvalue weighted by molar-refractivity contribution is 7.92. The van der Waals surface area contributed by atoms with Crippen LogP contribution in [0.15, 0.2) is 72.1 Å². The van der Waals surface area contributed by atoms with E-state index in [0.717, 1.165) is 18.2 Å². The van der Waals surface area contributed by atoms with Crippen molar-refractivity contribution in [3.05, 3.63) is 78.4 Å². The molecule has 164 valence electrons. The van der Waals surface area contributed by atoms with E-state index in [9.17, 15) is 26.4 Å². The van der Waals surface area contributed by atoms with Crippen LogP contribution in [0.1, 0.15) is 22.3 Å². The molecule has 0 unspecified atom stereocenters. The smallest absolute Gasteiger partial charge is 0.352 e. The zero-order valence-corrected chi connectivity index (χ0v) is 16.9. The van der Waals surface area contributed by atoms with Crippen LogP contribution in [0.5, 0.6) is 0 Å². The number of rotatable bonds is 8. The SMILES string of the molecule is O=C(NCCCn1ccnc1)c1ccccc1NS(=O)(=O)c1cccc(C(F)(F)F)c1. The maximum absolute atomic E-state index is 12.9. The van der Waals surface area contributed by atoms with Crippen LogP contribution in [0, 0.1) is 0 Å². The fourth-order valence-corrected chi connectivity index (χ4v) is 3.92. The molecule has 2 N–H and O–H groups in total. The van der Waals surface area contributed by atoms with Gasteiger partial charge in [-0.15, -0.1) is 0 Å². The van der Waals surface area contributed by atoms with Gasteiger partial charge in [0.1, 0.15) is 0 Å². The highest BCUT2D eigenvalue weighted by Crippen LogP contribution is 2.31. The lowest BCUT2D eigenvalue weighted by Gasteiger charge is -2.14. The molecular formula is C20H19F3N4O3S. The van der Waals surface area contributed by atoms with E-state index in [4.69, 9.17) is 0 Å². The molecule has 3 rings (SSSR count). The number of hydrogen-bond donors (Lipinski definition) is 2. The summed E-state index contributed by atoms with van der Waals surface area (Å²) in [7, 11) is -4.35. The Labute approximate surface area is 177 Å². The second kappa shape index (κ2) is 9.21. The monoisotopic (exact) mass is 452 g/mol. The first-order valence-electron chi connectivity index (χ1n) is 9.20. The molecule has 0 atom stereocenters. The van der Waals surface area contributed by atoms with Gasteiger partial charge in [0.25, 0.3) is 15.9 Å². The Kier molecular flexibility index (Phi) is 6.64. The Hall–Kier alpha value is -3.34. The van der Waals surface area contributed by atoms with E-state index in [0.29, 0.717) is 25.6 Å². The molecule has 3 aromatic rings. The minimum atomic E-state index is -4.68. The normalized spacial score (nSPS) is 11.8. The van der Waals surface area contributed by atoms with Gasteiger partial charge in [0.2, 0.25) is 0 Å². The third-order valence-electron chi connectivity index (χ3n) is 4.33. The predicted octanol–water partition coefficient (Wildman–Crippen LogP) is 3.52. The van der Waals surface area contributed by atoms with Crippen LogP contribution in [0.2, 0.25) is 0 Å². The number of benzene rings is 2. The first-order valence-corrected chi connectivity index (χ1v) is 10.7. The van der Waals surface area contributed by atoms with E-state index in [1.165, 1.54) is 18.2 Å². The number of alkyl halides is 3. The molecule has 1 aromatic heterocycles. The average molecular weight is 452 g/mol. The van der Waals surface area contributed by atoms with Crippen molar-refractivity contribution >= 4 is 21.6 Å². The lowest BCUT2D eigenvalue weighted by atomic mass is 10.1. The van der Waals surface area contributed by atoms with E-state index in [1.54, 1.807) is 24.8 Å². The number of carbonyl (C=O) groups excluding carboxylic acids is 1. The topological polar surface area (TPSA) is 93.1 Å². The number of aromatic nitrogens is 2. The predicted molar refractivity (Wildman–Crippen MR) is 108 cm³/mol. The van der Waals surface area contributed by atoms with Gasteiger partial charge in [0.05, 0.1) is 28.0 Å². The van der Waals surface area contributed by atoms with Crippen molar-refractivity contribution in [2.75, 3.05) is 11.3 Å². The van der Waals surface area contributed by atoms with Crippen molar-refractivity contribution in [1.82, 2.24) is 14.9 Å². The second-order valence-corrected chi connectivity index (χ2v) is 8.27. The number of imidazole rings is 1. The summed E-state index contributed by atoms with van der Waals surface area (Å²) in [5.41, 5.74) is -1.06. The summed E-state index contributed by atoms with van der Waals surface area (Å²) < 4.78 is 68.1. The molecule has 0 aliphatic rings. The Morgan fingerprint density at radius 3 is 2.58 bits per heavy atom. The summed E-state index contributed by atoms with van der Waals surface area (Å²) in [6.45, 7) is 0.982. The van der Waals surface area contributed by atoms with Crippen LogP contribution >= 0.6 is 0 Å². The number of halogens is 3. The number of amides is 1. The third-order valence-corrected chi connectivity index (χ3v) is 5.69. The summed E-state index contributed by atoms with van der Waals surface area (Å²) in [4.78, 5) is 15.9. The molecule has 1 amide bonds. The molecule has 0 saturated carbocycles. The first-order chi connectivity index (χ1) is 14.7. The van der Waals surface area contributed by atoms with Gasteiger partial charge in [-0.2, -0.15) is 13.2 Å². The quantitative estimate of drug-likeness (QED) is 0.512. The Morgan fingerprint density at radius 2 is 1.87 bits per heavy atom. The maximum Gasteiger partial charge on any atom is 0.416 e.